The molecule has 0 bridgehead atoms. The predicted molar refractivity (Wildman–Crippen MR) is 35.7 cm³/mol. The summed E-state index contributed by atoms with van der Waals surface area (Å²) in [5.41, 5.74) is 1.03. The smallest absolute Gasteiger partial charge is 0.120 e. The maximum absolute atomic E-state index is 10.2. The van der Waals surface area contributed by atoms with Gasteiger partial charge in [0.15, 0.2) is 0 Å². The molecule has 0 saturated heterocycles. The Morgan fingerprint density at radius 3 is 2.45 bits per heavy atom. The zero-order valence-corrected chi connectivity index (χ0v) is 9.30. The van der Waals surface area contributed by atoms with Gasteiger partial charge in [-0.05, 0) is 19.5 Å². The van der Waals surface area contributed by atoms with E-state index in [1.807, 2.05) is 0 Å². The van der Waals surface area contributed by atoms with Crippen LogP contribution in [-0.4, -0.2) is 16.3 Å². The summed E-state index contributed by atoms with van der Waals surface area (Å²) in [5, 5.41) is 0. The molecule has 1 aromatic heterocycles. The first-order valence-electron chi connectivity index (χ1n) is 2.92. The molecule has 0 spiro atoms. The van der Waals surface area contributed by atoms with Gasteiger partial charge in [0.1, 0.15) is 5.82 Å². The Kier molecular flexibility index (Phi) is 4.61. The minimum atomic E-state index is 0. The second-order valence-corrected chi connectivity index (χ2v) is 1.98. The van der Waals surface area contributed by atoms with Crippen molar-refractivity contribution in [2.75, 3.05) is 0 Å². The van der Waals surface area contributed by atoms with Gasteiger partial charge in [0.2, 0.25) is 0 Å². The predicted octanol–water partition coefficient (Wildman–Crippen LogP) is 0.704. The second-order valence-electron chi connectivity index (χ2n) is 1.98. The molecule has 0 saturated carbocycles. The molecular weight excluding hydrogens is 217 g/mol. The maximum Gasteiger partial charge on any atom is 0.120 e. The van der Waals surface area contributed by atoms with Crippen LogP contribution in [0, 0.1) is 19.9 Å². The molecule has 1 rings (SSSR count). The van der Waals surface area contributed by atoms with E-state index in [4.69, 9.17) is 0 Å². The van der Waals surface area contributed by atoms with E-state index in [9.17, 15) is 4.79 Å². The van der Waals surface area contributed by atoms with Crippen molar-refractivity contribution >= 4 is 6.29 Å². The summed E-state index contributed by atoms with van der Waals surface area (Å²) in [6.07, 6.45) is 0.668. The van der Waals surface area contributed by atoms with Crippen molar-refractivity contribution in [3.8, 4) is 0 Å². The van der Waals surface area contributed by atoms with Gasteiger partial charge >= 0.3 is 0 Å². The summed E-state index contributed by atoms with van der Waals surface area (Å²) in [5.74, 6) is 0.610. The second kappa shape index (κ2) is 4.68. The Labute approximate surface area is 90.5 Å². The van der Waals surface area contributed by atoms with Crippen molar-refractivity contribution in [1.82, 2.24) is 9.97 Å². The summed E-state index contributed by atoms with van der Waals surface area (Å²) in [7, 11) is 0. The first-order chi connectivity index (χ1) is 4.72. The minimum absolute atomic E-state index is 0. The third-order valence-corrected chi connectivity index (χ3v) is 1.03. The van der Waals surface area contributed by atoms with Crippen LogP contribution < -0.4 is 0 Å². The first-order valence-corrected chi connectivity index (χ1v) is 2.92. The molecule has 0 aliphatic carbocycles. The van der Waals surface area contributed by atoms with Crippen LogP contribution in [0.2, 0.25) is 0 Å². The van der Waals surface area contributed by atoms with Crippen molar-refractivity contribution in [3.63, 3.8) is 0 Å². The van der Waals surface area contributed by atoms with E-state index in [1.54, 1.807) is 13.8 Å². The molecular formula is C7H7N2OY-. The zero-order chi connectivity index (χ0) is 7.56. The van der Waals surface area contributed by atoms with E-state index in [1.165, 1.54) is 0 Å². The van der Waals surface area contributed by atoms with Crippen LogP contribution in [0.1, 0.15) is 22.0 Å². The molecule has 3 nitrogen and oxygen atoms in total. The molecule has 0 aromatic carbocycles. The number of aromatic nitrogens is 2. The van der Waals surface area contributed by atoms with Crippen molar-refractivity contribution in [2.45, 2.75) is 13.8 Å². The van der Waals surface area contributed by atoms with Crippen LogP contribution in [-0.2, 0) is 32.7 Å². The van der Waals surface area contributed by atoms with E-state index in [2.05, 4.69) is 16.0 Å². The monoisotopic (exact) mass is 224 g/mol. The number of aryl methyl sites for hydroxylation is 2. The fourth-order valence-corrected chi connectivity index (χ4v) is 0.739. The van der Waals surface area contributed by atoms with Gasteiger partial charge in [0.05, 0.1) is 0 Å². The minimum Gasteiger partial charge on any atom is -0.408 e. The molecule has 0 fully saturated rings. The first kappa shape index (κ1) is 10.9. The van der Waals surface area contributed by atoms with Gasteiger partial charge in [-0.3, -0.25) is 9.97 Å². The maximum atomic E-state index is 10.2. The van der Waals surface area contributed by atoms with Crippen LogP contribution in [0.4, 0.5) is 0 Å². The molecule has 55 valence electrons. The molecule has 4 heteroatoms. The van der Waals surface area contributed by atoms with Gasteiger partial charge in [-0.2, -0.15) is 6.07 Å². The summed E-state index contributed by atoms with van der Waals surface area (Å²) in [6, 6.07) is 2.71. The van der Waals surface area contributed by atoms with Crippen molar-refractivity contribution in [1.29, 1.82) is 0 Å². The molecule has 0 amide bonds. The molecule has 1 heterocycles. The van der Waals surface area contributed by atoms with E-state index in [0.717, 1.165) is 0 Å². The van der Waals surface area contributed by atoms with E-state index in [0.29, 0.717) is 23.5 Å². The fraction of sp³-hybridized carbons (Fsp3) is 0.286. The van der Waals surface area contributed by atoms with Gasteiger partial charge in [-0.1, -0.05) is 5.69 Å². The Hall–Kier alpha value is -0.146. The number of nitrogens with zero attached hydrogens (tertiary/aromatic N) is 2. The molecule has 1 aromatic rings. The third kappa shape index (κ3) is 3.17. The number of hydrogen-bond donors (Lipinski definition) is 0. The zero-order valence-electron chi connectivity index (χ0n) is 6.46. The molecule has 11 heavy (non-hydrogen) atoms. The SMILES string of the molecule is Cc1[c-]c(C=O)nc(C)n1.[Y]. The van der Waals surface area contributed by atoms with Crippen molar-refractivity contribution < 1.29 is 37.5 Å². The van der Waals surface area contributed by atoms with Crippen LogP contribution in [0.5, 0.6) is 0 Å². The summed E-state index contributed by atoms with van der Waals surface area (Å²) < 4.78 is 0. The summed E-state index contributed by atoms with van der Waals surface area (Å²) in [4.78, 5) is 18.0. The Morgan fingerprint density at radius 2 is 2.00 bits per heavy atom. The fourth-order valence-electron chi connectivity index (χ4n) is 0.739. The van der Waals surface area contributed by atoms with E-state index >= 15 is 0 Å². The molecule has 0 N–H and O–H groups in total. The Balaban J connectivity index is 0.000001000. The van der Waals surface area contributed by atoms with Crippen molar-refractivity contribution in [3.05, 3.63) is 23.3 Å². The van der Waals surface area contributed by atoms with Crippen LogP contribution in [0.25, 0.3) is 0 Å². The average Bonchev–Trinajstić information content (AvgIpc) is 1.85. The van der Waals surface area contributed by atoms with Gasteiger partial charge in [-0.25, -0.2) is 0 Å². The van der Waals surface area contributed by atoms with Gasteiger partial charge < -0.3 is 4.79 Å². The molecule has 0 atom stereocenters. The molecule has 0 aliphatic rings. The number of hydrogen-bond acceptors (Lipinski definition) is 3. The molecule has 0 unspecified atom stereocenters. The standard InChI is InChI=1S/C7H7N2O.Y/c1-5-3-7(4-10)9-6(2)8-5;/h4H,1-2H3;/q-1;. The number of rotatable bonds is 1. The normalized spacial score (nSPS) is 8.55. The number of carbonyl (C=O) groups excluding carboxylic acids is 1. The van der Waals surface area contributed by atoms with Crippen LogP contribution in [0.15, 0.2) is 0 Å². The molecule has 0 aliphatic heterocycles. The summed E-state index contributed by atoms with van der Waals surface area (Å²) in [6.45, 7) is 3.52. The third-order valence-electron chi connectivity index (χ3n) is 1.03. The van der Waals surface area contributed by atoms with Crippen LogP contribution >= 0.6 is 0 Å². The van der Waals surface area contributed by atoms with Crippen LogP contribution in [0.3, 0.4) is 0 Å². The van der Waals surface area contributed by atoms with Gasteiger partial charge in [0.25, 0.3) is 0 Å². The summed E-state index contributed by atoms with van der Waals surface area (Å²) >= 11 is 0. The number of carbonyl (C=O) groups is 1. The topological polar surface area (TPSA) is 42.9 Å². The van der Waals surface area contributed by atoms with E-state index in [-0.39, 0.29) is 32.7 Å². The number of aldehydes is 1. The quantitative estimate of drug-likeness (QED) is 0.521. The Bertz CT molecular complexity index is 242. The van der Waals surface area contributed by atoms with E-state index < -0.39 is 0 Å². The van der Waals surface area contributed by atoms with Gasteiger partial charge in [0, 0.05) is 39.0 Å². The molecule has 1 radical (unpaired) electrons. The average molecular weight is 224 g/mol. The van der Waals surface area contributed by atoms with Gasteiger partial charge in [-0.15, -0.1) is 0 Å². The van der Waals surface area contributed by atoms with Crippen molar-refractivity contribution in [2.24, 2.45) is 0 Å². The largest absolute Gasteiger partial charge is 0.408 e. The Morgan fingerprint density at radius 1 is 1.36 bits per heavy atom.